The summed E-state index contributed by atoms with van der Waals surface area (Å²) in [6.45, 7) is 0. The van der Waals surface area contributed by atoms with Crippen molar-refractivity contribution < 1.29 is 17.9 Å². The van der Waals surface area contributed by atoms with Crippen molar-refractivity contribution in [2.24, 2.45) is 0 Å². The summed E-state index contributed by atoms with van der Waals surface area (Å²) in [7, 11) is 1.54. The molecule has 16 heavy (non-hydrogen) atoms. The number of halogens is 4. The van der Waals surface area contributed by atoms with Crippen LogP contribution in [0.15, 0.2) is 29.2 Å². The first-order chi connectivity index (χ1) is 7.43. The Kier molecular flexibility index (Phi) is 4.98. The van der Waals surface area contributed by atoms with E-state index in [2.05, 4.69) is 15.9 Å². The monoisotopic (exact) mass is 314 g/mol. The van der Waals surface area contributed by atoms with Gasteiger partial charge in [0.15, 0.2) is 0 Å². The first kappa shape index (κ1) is 13.7. The second-order valence-electron chi connectivity index (χ2n) is 3.00. The third kappa shape index (κ3) is 4.25. The van der Waals surface area contributed by atoms with Crippen molar-refractivity contribution in [1.82, 2.24) is 0 Å². The van der Waals surface area contributed by atoms with Gasteiger partial charge in [0, 0.05) is 10.6 Å². The third-order valence-electron chi connectivity index (χ3n) is 1.81. The van der Waals surface area contributed by atoms with Crippen LogP contribution in [0.1, 0.15) is 0 Å². The number of methoxy groups -OCH3 is 1. The minimum atomic E-state index is -4.19. The number of alkyl halides is 4. The third-order valence-corrected chi connectivity index (χ3v) is 4.19. The van der Waals surface area contributed by atoms with E-state index in [9.17, 15) is 13.2 Å². The van der Waals surface area contributed by atoms with Gasteiger partial charge in [-0.2, -0.15) is 13.2 Å². The first-order valence-electron chi connectivity index (χ1n) is 4.41. The summed E-state index contributed by atoms with van der Waals surface area (Å²) in [5.41, 5.74) is 0. The number of thioether (sulfide) groups is 1. The molecule has 0 radical (unpaired) electrons. The number of benzene rings is 1. The van der Waals surface area contributed by atoms with E-state index in [-0.39, 0.29) is 5.75 Å². The molecular formula is C10H10BrF3OS. The molecule has 6 heteroatoms. The van der Waals surface area contributed by atoms with E-state index in [0.717, 1.165) is 16.7 Å². The molecule has 0 aliphatic rings. The molecule has 0 heterocycles. The van der Waals surface area contributed by atoms with Crippen LogP contribution in [0.4, 0.5) is 13.2 Å². The Morgan fingerprint density at radius 2 is 1.88 bits per heavy atom. The van der Waals surface area contributed by atoms with Crippen LogP contribution >= 0.6 is 27.7 Å². The number of hydrogen-bond acceptors (Lipinski definition) is 2. The normalized spacial score (nSPS) is 13.6. The van der Waals surface area contributed by atoms with Crippen LogP contribution in [-0.2, 0) is 0 Å². The molecule has 90 valence electrons. The lowest BCUT2D eigenvalue weighted by atomic mass is 10.3. The van der Waals surface area contributed by atoms with Gasteiger partial charge in [-0.25, -0.2) is 0 Å². The average Bonchev–Trinajstić information content (AvgIpc) is 2.25. The van der Waals surface area contributed by atoms with E-state index in [1.807, 2.05) is 0 Å². The minimum Gasteiger partial charge on any atom is -0.497 e. The summed E-state index contributed by atoms with van der Waals surface area (Å²) in [5.74, 6) is 0.645. The Balaban J connectivity index is 2.48. The fourth-order valence-electron chi connectivity index (χ4n) is 0.936. The predicted octanol–water partition coefficient (Wildman–Crippen LogP) is 4.11. The van der Waals surface area contributed by atoms with Crippen LogP contribution in [0.25, 0.3) is 0 Å². The zero-order valence-electron chi connectivity index (χ0n) is 8.42. The summed E-state index contributed by atoms with van der Waals surface area (Å²) in [4.78, 5) is -0.693. The van der Waals surface area contributed by atoms with Gasteiger partial charge in [0.2, 0.25) is 0 Å². The molecule has 0 spiro atoms. The Bertz CT molecular complexity index is 326. The van der Waals surface area contributed by atoms with E-state index in [1.165, 1.54) is 0 Å². The molecule has 1 atom stereocenters. The zero-order valence-corrected chi connectivity index (χ0v) is 10.8. The average molecular weight is 315 g/mol. The van der Waals surface area contributed by atoms with Crippen molar-refractivity contribution in [3.8, 4) is 5.75 Å². The van der Waals surface area contributed by atoms with Gasteiger partial charge in [-0.05, 0) is 24.3 Å². The molecule has 1 aromatic carbocycles. The highest BCUT2D eigenvalue weighted by molar-refractivity contribution is 9.09. The van der Waals surface area contributed by atoms with Gasteiger partial charge in [-0.15, -0.1) is 11.8 Å². The Morgan fingerprint density at radius 1 is 1.31 bits per heavy atom. The van der Waals surface area contributed by atoms with Gasteiger partial charge >= 0.3 is 6.18 Å². The van der Waals surface area contributed by atoms with Crippen molar-refractivity contribution in [2.75, 3.05) is 12.9 Å². The molecule has 0 saturated heterocycles. The van der Waals surface area contributed by atoms with Gasteiger partial charge in [0.25, 0.3) is 0 Å². The summed E-state index contributed by atoms with van der Waals surface area (Å²) < 4.78 is 41.5. The van der Waals surface area contributed by atoms with Crippen molar-refractivity contribution in [2.45, 2.75) is 15.9 Å². The van der Waals surface area contributed by atoms with Crippen molar-refractivity contribution in [1.29, 1.82) is 0 Å². The van der Waals surface area contributed by atoms with E-state index in [1.54, 1.807) is 31.4 Å². The van der Waals surface area contributed by atoms with Crippen LogP contribution in [-0.4, -0.2) is 23.9 Å². The predicted molar refractivity (Wildman–Crippen MR) is 62.5 cm³/mol. The van der Waals surface area contributed by atoms with Crippen molar-refractivity contribution in [3.05, 3.63) is 24.3 Å². The molecular weight excluding hydrogens is 305 g/mol. The maximum atomic E-state index is 12.2. The summed E-state index contributed by atoms with van der Waals surface area (Å²) in [6, 6.07) is 6.91. The van der Waals surface area contributed by atoms with Gasteiger partial charge in [0.1, 0.15) is 10.6 Å². The number of rotatable bonds is 4. The maximum absolute atomic E-state index is 12.2. The van der Waals surface area contributed by atoms with Crippen LogP contribution in [0.3, 0.4) is 0 Å². The molecule has 0 aliphatic heterocycles. The summed E-state index contributed by atoms with van der Waals surface area (Å²) >= 11 is 3.77. The molecule has 0 aromatic heterocycles. The molecule has 1 nitrogen and oxygen atoms in total. The van der Waals surface area contributed by atoms with Crippen LogP contribution in [0, 0.1) is 0 Å². The van der Waals surface area contributed by atoms with Gasteiger partial charge in [-0.1, -0.05) is 15.9 Å². The SMILES string of the molecule is COc1ccc(SCC(Br)C(F)(F)F)cc1. The van der Waals surface area contributed by atoms with Crippen molar-refractivity contribution >= 4 is 27.7 Å². The summed E-state index contributed by atoms with van der Waals surface area (Å²) in [5, 5.41) is 0. The quantitative estimate of drug-likeness (QED) is 0.611. The standard InChI is InChI=1S/C10H10BrF3OS/c1-15-7-2-4-8(5-3-7)16-6-9(11)10(12,13)14/h2-5,9H,6H2,1H3. The number of ether oxygens (including phenoxy) is 1. The molecule has 0 aliphatic carbocycles. The van der Waals surface area contributed by atoms with Crippen LogP contribution in [0.5, 0.6) is 5.75 Å². The molecule has 0 saturated carbocycles. The van der Waals surface area contributed by atoms with E-state index in [4.69, 9.17) is 4.74 Å². The van der Waals surface area contributed by atoms with Crippen LogP contribution < -0.4 is 4.74 Å². The zero-order chi connectivity index (χ0) is 12.2. The van der Waals surface area contributed by atoms with Gasteiger partial charge in [-0.3, -0.25) is 0 Å². The Labute approximate surface area is 104 Å². The second kappa shape index (κ2) is 5.82. The minimum absolute atomic E-state index is 0.0458. The summed E-state index contributed by atoms with van der Waals surface area (Å²) in [6.07, 6.45) is -4.19. The molecule has 0 bridgehead atoms. The van der Waals surface area contributed by atoms with Crippen LogP contribution in [0.2, 0.25) is 0 Å². The van der Waals surface area contributed by atoms with E-state index in [0.29, 0.717) is 5.75 Å². The Hall–Kier alpha value is -0.360. The number of hydrogen-bond donors (Lipinski definition) is 0. The first-order valence-corrected chi connectivity index (χ1v) is 6.31. The van der Waals surface area contributed by atoms with Gasteiger partial charge in [0.05, 0.1) is 7.11 Å². The molecule has 0 fully saturated rings. The largest absolute Gasteiger partial charge is 0.497 e. The Morgan fingerprint density at radius 3 is 2.31 bits per heavy atom. The second-order valence-corrected chi connectivity index (χ2v) is 5.19. The van der Waals surface area contributed by atoms with E-state index >= 15 is 0 Å². The van der Waals surface area contributed by atoms with Crippen molar-refractivity contribution in [3.63, 3.8) is 0 Å². The molecule has 1 rings (SSSR count). The lowest BCUT2D eigenvalue weighted by Crippen LogP contribution is -2.24. The van der Waals surface area contributed by atoms with Gasteiger partial charge < -0.3 is 4.74 Å². The van der Waals surface area contributed by atoms with E-state index < -0.39 is 11.0 Å². The fraction of sp³-hybridized carbons (Fsp3) is 0.400. The topological polar surface area (TPSA) is 9.23 Å². The smallest absolute Gasteiger partial charge is 0.402 e. The molecule has 1 unspecified atom stereocenters. The molecule has 0 N–H and O–H groups in total. The highest BCUT2D eigenvalue weighted by atomic mass is 79.9. The molecule has 0 amide bonds. The fourth-order valence-corrected chi connectivity index (χ4v) is 2.19. The molecule has 1 aromatic rings. The maximum Gasteiger partial charge on any atom is 0.402 e. The lowest BCUT2D eigenvalue weighted by Gasteiger charge is -2.13. The highest BCUT2D eigenvalue weighted by Gasteiger charge is 2.37. The lowest BCUT2D eigenvalue weighted by molar-refractivity contribution is -0.122. The highest BCUT2D eigenvalue weighted by Crippen LogP contribution is 2.31.